The number of nitrogens with two attached hydrogens (primary N) is 1. The number of hydrogen-bond acceptors (Lipinski definition) is 3. The predicted octanol–water partition coefficient (Wildman–Crippen LogP) is 2.53. The molecule has 0 atom stereocenters. The molecule has 0 aromatic heterocycles. The van der Waals surface area contributed by atoms with E-state index in [-0.39, 0.29) is 5.91 Å². The number of unbranched alkanes of at least 4 members (excludes halogenated alkanes) is 1. The quantitative estimate of drug-likeness (QED) is 0.794. The van der Waals surface area contributed by atoms with Crippen molar-refractivity contribution < 1.29 is 9.53 Å². The van der Waals surface area contributed by atoms with E-state index in [2.05, 4.69) is 21.2 Å². The summed E-state index contributed by atoms with van der Waals surface area (Å²) in [6.07, 6.45) is 2.18. The van der Waals surface area contributed by atoms with E-state index in [0.717, 1.165) is 23.0 Å². The van der Waals surface area contributed by atoms with Crippen LogP contribution in [0.25, 0.3) is 0 Å². The van der Waals surface area contributed by atoms with Crippen LogP contribution < -0.4 is 15.8 Å². The Hall–Kier alpha value is -1.07. The van der Waals surface area contributed by atoms with Crippen LogP contribution in [-0.2, 0) is 4.79 Å². The van der Waals surface area contributed by atoms with Gasteiger partial charge in [0, 0.05) is 22.6 Å². The van der Waals surface area contributed by atoms with Gasteiger partial charge in [-0.1, -0.05) is 15.9 Å². The van der Waals surface area contributed by atoms with E-state index in [1.165, 1.54) is 0 Å². The number of carbonyl (C=O) groups excluding carboxylic acids is 1. The van der Waals surface area contributed by atoms with Gasteiger partial charge in [-0.3, -0.25) is 4.79 Å². The molecule has 0 heterocycles. The van der Waals surface area contributed by atoms with E-state index in [0.29, 0.717) is 18.7 Å². The SMILES string of the molecule is COc1cc(Br)cc(NC(=O)CCCCN)c1. The first-order valence-electron chi connectivity index (χ1n) is 5.50. The zero-order valence-corrected chi connectivity index (χ0v) is 11.4. The predicted molar refractivity (Wildman–Crippen MR) is 72.2 cm³/mol. The number of methoxy groups -OCH3 is 1. The highest BCUT2D eigenvalue weighted by Gasteiger charge is 2.04. The maximum absolute atomic E-state index is 11.6. The van der Waals surface area contributed by atoms with Gasteiger partial charge in [0.1, 0.15) is 5.75 Å². The van der Waals surface area contributed by atoms with E-state index >= 15 is 0 Å². The van der Waals surface area contributed by atoms with E-state index < -0.39 is 0 Å². The third kappa shape index (κ3) is 5.19. The Balaban J connectivity index is 2.55. The van der Waals surface area contributed by atoms with Crippen molar-refractivity contribution in [3.05, 3.63) is 22.7 Å². The fraction of sp³-hybridized carbons (Fsp3) is 0.417. The number of amides is 1. The molecule has 0 aliphatic heterocycles. The Bertz CT molecular complexity index is 383. The average molecular weight is 301 g/mol. The maximum Gasteiger partial charge on any atom is 0.224 e. The first-order valence-corrected chi connectivity index (χ1v) is 6.29. The molecular weight excluding hydrogens is 284 g/mol. The Morgan fingerprint density at radius 3 is 2.82 bits per heavy atom. The number of nitrogens with one attached hydrogen (secondary N) is 1. The van der Waals surface area contributed by atoms with Crippen molar-refractivity contribution in [2.45, 2.75) is 19.3 Å². The molecule has 0 spiro atoms. The van der Waals surface area contributed by atoms with Crippen molar-refractivity contribution in [3.8, 4) is 5.75 Å². The molecule has 1 rings (SSSR count). The van der Waals surface area contributed by atoms with Gasteiger partial charge in [0.25, 0.3) is 0 Å². The number of ether oxygens (including phenoxy) is 1. The molecule has 0 radical (unpaired) electrons. The van der Waals surface area contributed by atoms with Gasteiger partial charge >= 0.3 is 0 Å². The summed E-state index contributed by atoms with van der Waals surface area (Å²) >= 11 is 3.36. The summed E-state index contributed by atoms with van der Waals surface area (Å²) in [6.45, 7) is 0.623. The van der Waals surface area contributed by atoms with Crippen LogP contribution in [0, 0.1) is 0 Å². The van der Waals surface area contributed by atoms with Gasteiger partial charge in [-0.15, -0.1) is 0 Å². The molecule has 17 heavy (non-hydrogen) atoms. The highest BCUT2D eigenvalue weighted by molar-refractivity contribution is 9.10. The van der Waals surface area contributed by atoms with Gasteiger partial charge in [-0.25, -0.2) is 0 Å². The molecule has 0 unspecified atom stereocenters. The first kappa shape index (κ1) is 14.0. The largest absolute Gasteiger partial charge is 0.497 e. The number of hydrogen-bond donors (Lipinski definition) is 2. The zero-order chi connectivity index (χ0) is 12.7. The monoisotopic (exact) mass is 300 g/mol. The third-order valence-electron chi connectivity index (χ3n) is 2.25. The van der Waals surface area contributed by atoms with E-state index in [4.69, 9.17) is 10.5 Å². The summed E-state index contributed by atoms with van der Waals surface area (Å²) in [5.41, 5.74) is 6.10. The molecule has 4 nitrogen and oxygen atoms in total. The molecule has 0 aliphatic rings. The van der Waals surface area contributed by atoms with Crippen LogP contribution in [-0.4, -0.2) is 19.6 Å². The minimum atomic E-state index is -0.00129. The molecule has 5 heteroatoms. The number of anilines is 1. The molecule has 0 aliphatic carbocycles. The van der Waals surface area contributed by atoms with Crippen LogP contribution in [0.15, 0.2) is 22.7 Å². The normalized spacial score (nSPS) is 10.1. The van der Waals surface area contributed by atoms with Crippen molar-refractivity contribution in [3.63, 3.8) is 0 Å². The zero-order valence-electron chi connectivity index (χ0n) is 9.83. The van der Waals surface area contributed by atoms with Crippen molar-refractivity contribution in [2.75, 3.05) is 19.0 Å². The second-order valence-corrected chi connectivity index (χ2v) is 4.59. The lowest BCUT2D eigenvalue weighted by Crippen LogP contribution is -2.12. The van der Waals surface area contributed by atoms with Gasteiger partial charge in [-0.05, 0) is 31.5 Å². The van der Waals surface area contributed by atoms with Gasteiger partial charge in [0.2, 0.25) is 5.91 Å². The molecule has 1 aromatic rings. The number of carbonyl (C=O) groups is 1. The van der Waals surface area contributed by atoms with Crippen molar-refractivity contribution >= 4 is 27.5 Å². The molecule has 0 fully saturated rings. The Morgan fingerprint density at radius 1 is 1.41 bits per heavy atom. The minimum Gasteiger partial charge on any atom is -0.497 e. The standard InChI is InChI=1S/C12H17BrN2O2/c1-17-11-7-9(13)6-10(8-11)15-12(16)4-2-3-5-14/h6-8H,2-5,14H2,1H3,(H,15,16). The average Bonchev–Trinajstić information content (AvgIpc) is 2.28. The molecule has 94 valence electrons. The molecule has 0 saturated carbocycles. The summed E-state index contributed by atoms with van der Waals surface area (Å²) in [4.78, 5) is 11.6. The molecular formula is C12H17BrN2O2. The van der Waals surface area contributed by atoms with E-state index in [1.54, 1.807) is 13.2 Å². The topological polar surface area (TPSA) is 64.3 Å². The minimum absolute atomic E-state index is 0.00129. The smallest absolute Gasteiger partial charge is 0.224 e. The van der Waals surface area contributed by atoms with Crippen LogP contribution in [0.5, 0.6) is 5.75 Å². The van der Waals surface area contributed by atoms with Crippen LogP contribution in [0.3, 0.4) is 0 Å². The molecule has 0 saturated heterocycles. The van der Waals surface area contributed by atoms with Gasteiger partial charge in [-0.2, -0.15) is 0 Å². The third-order valence-corrected chi connectivity index (χ3v) is 2.71. The molecule has 0 bridgehead atoms. The fourth-order valence-corrected chi connectivity index (χ4v) is 1.88. The van der Waals surface area contributed by atoms with Crippen molar-refractivity contribution in [2.24, 2.45) is 5.73 Å². The van der Waals surface area contributed by atoms with E-state index in [1.807, 2.05) is 12.1 Å². The van der Waals surface area contributed by atoms with Crippen LogP contribution in [0.2, 0.25) is 0 Å². The Labute approximate surface area is 110 Å². The number of rotatable bonds is 6. The van der Waals surface area contributed by atoms with Crippen molar-refractivity contribution in [1.29, 1.82) is 0 Å². The lowest BCUT2D eigenvalue weighted by molar-refractivity contribution is -0.116. The summed E-state index contributed by atoms with van der Waals surface area (Å²) in [5.74, 6) is 0.704. The number of benzene rings is 1. The summed E-state index contributed by atoms with van der Waals surface area (Å²) in [6, 6.07) is 5.46. The van der Waals surface area contributed by atoms with Crippen LogP contribution >= 0.6 is 15.9 Å². The van der Waals surface area contributed by atoms with E-state index in [9.17, 15) is 4.79 Å². The van der Waals surface area contributed by atoms with Gasteiger partial charge in [0.05, 0.1) is 7.11 Å². The fourth-order valence-electron chi connectivity index (χ4n) is 1.41. The van der Waals surface area contributed by atoms with Crippen LogP contribution in [0.4, 0.5) is 5.69 Å². The maximum atomic E-state index is 11.6. The van der Waals surface area contributed by atoms with Gasteiger partial charge < -0.3 is 15.8 Å². The Morgan fingerprint density at radius 2 is 2.18 bits per heavy atom. The molecule has 3 N–H and O–H groups in total. The van der Waals surface area contributed by atoms with Crippen molar-refractivity contribution in [1.82, 2.24) is 0 Å². The second kappa shape index (κ2) is 7.29. The molecule has 1 amide bonds. The number of halogens is 1. The summed E-state index contributed by atoms with van der Waals surface area (Å²) in [7, 11) is 1.59. The first-order chi connectivity index (χ1) is 8.15. The summed E-state index contributed by atoms with van der Waals surface area (Å²) in [5, 5.41) is 2.83. The highest BCUT2D eigenvalue weighted by Crippen LogP contribution is 2.24. The van der Waals surface area contributed by atoms with Gasteiger partial charge in [0.15, 0.2) is 0 Å². The summed E-state index contributed by atoms with van der Waals surface area (Å²) < 4.78 is 5.99. The second-order valence-electron chi connectivity index (χ2n) is 3.67. The lowest BCUT2D eigenvalue weighted by atomic mass is 10.2. The van der Waals surface area contributed by atoms with Crippen LogP contribution in [0.1, 0.15) is 19.3 Å². The molecule has 1 aromatic carbocycles. The lowest BCUT2D eigenvalue weighted by Gasteiger charge is -2.08. The Kier molecular flexibility index (Phi) is 6.00. The highest BCUT2D eigenvalue weighted by atomic mass is 79.9.